The molecule has 27 heavy (non-hydrogen) atoms. The van der Waals surface area contributed by atoms with Gasteiger partial charge < -0.3 is 14.8 Å². The Labute approximate surface area is 158 Å². The van der Waals surface area contributed by atoms with Crippen LogP contribution < -0.4 is 5.32 Å². The summed E-state index contributed by atoms with van der Waals surface area (Å²) >= 11 is 0. The highest BCUT2D eigenvalue weighted by Gasteiger charge is 2.23. The fourth-order valence-electron chi connectivity index (χ4n) is 2.86. The van der Waals surface area contributed by atoms with Gasteiger partial charge in [0.05, 0.1) is 13.5 Å². The monoisotopic (exact) mass is 371 g/mol. The summed E-state index contributed by atoms with van der Waals surface area (Å²) in [7, 11) is 1.27. The summed E-state index contributed by atoms with van der Waals surface area (Å²) in [5.74, 6) is -1.35. The van der Waals surface area contributed by atoms with Gasteiger partial charge in [-0.1, -0.05) is 56.3 Å². The zero-order valence-corrected chi connectivity index (χ0v) is 15.9. The number of hydrogen-bond donors (Lipinski definition) is 1. The number of amides is 1. The van der Waals surface area contributed by atoms with E-state index in [-0.39, 0.29) is 12.3 Å². The first kappa shape index (κ1) is 20.4. The molecule has 0 aliphatic heterocycles. The zero-order valence-electron chi connectivity index (χ0n) is 15.9. The van der Waals surface area contributed by atoms with E-state index < -0.39 is 30.5 Å². The van der Waals surface area contributed by atoms with Crippen molar-refractivity contribution in [3.63, 3.8) is 0 Å². The van der Waals surface area contributed by atoms with Crippen molar-refractivity contribution in [3.8, 4) is 0 Å². The van der Waals surface area contributed by atoms with Gasteiger partial charge in [0.15, 0.2) is 6.61 Å². The zero-order chi connectivity index (χ0) is 19.8. The first-order chi connectivity index (χ1) is 12.9. The van der Waals surface area contributed by atoms with Crippen LogP contribution in [-0.2, 0) is 30.3 Å². The lowest BCUT2D eigenvalue weighted by molar-refractivity contribution is -0.150. The van der Waals surface area contributed by atoms with Crippen LogP contribution in [0.1, 0.15) is 25.8 Å². The molecule has 6 heteroatoms. The van der Waals surface area contributed by atoms with E-state index in [4.69, 9.17) is 9.47 Å². The summed E-state index contributed by atoms with van der Waals surface area (Å²) in [6, 6.07) is 12.7. The van der Waals surface area contributed by atoms with Gasteiger partial charge in [-0.05, 0) is 28.7 Å². The third-order valence-electron chi connectivity index (χ3n) is 4.11. The molecule has 2 rings (SSSR count). The molecule has 6 nitrogen and oxygen atoms in total. The van der Waals surface area contributed by atoms with Crippen molar-refractivity contribution in [3.05, 3.63) is 48.0 Å². The van der Waals surface area contributed by atoms with Gasteiger partial charge in [-0.2, -0.15) is 0 Å². The van der Waals surface area contributed by atoms with Crippen LogP contribution in [-0.4, -0.2) is 37.6 Å². The van der Waals surface area contributed by atoms with E-state index in [0.717, 1.165) is 16.3 Å². The van der Waals surface area contributed by atoms with Crippen molar-refractivity contribution in [2.45, 2.75) is 32.7 Å². The highest BCUT2D eigenvalue weighted by Crippen LogP contribution is 2.19. The van der Waals surface area contributed by atoms with Crippen LogP contribution in [0.5, 0.6) is 0 Å². The SMILES string of the molecule is COC(=O)C(CC(C)C)NC(=O)COC(=O)Cc1cccc2ccccc12. The first-order valence-corrected chi connectivity index (χ1v) is 8.90. The van der Waals surface area contributed by atoms with Crippen molar-refractivity contribution < 1.29 is 23.9 Å². The Morgan fingerprint density at radius 1 is 1.04 bits per heavy atom. The smallest absolute Gasteiger partial charge is 0.328 e. The molecule has 0 fully saturated rings. The summed E-state index contributed by atoms with van der Waals surface area (Å²) in [5.41, 5.74) is 0.839. The summed E-state index contributed by atoms with van der Waals surface area (Å²) in [5, 5.41) is 4.57. The highest BCUT2D eigenvalue weighted by atomic mass is 16.5. The van der Waals surface area contributed by atoms with Crippen molar-refractivity contribution in [1.82, 2.24) is 5.32 Å². The molecule has 0 aliphatic rings. The van der Waals surface area contributed by atoms with E-state index in [1.54, 1.807) is 0 Å². The van der Waals surface area contributed by atoms with Gasteiger partial charge in [-0.3, -0.25) is 9.59 Å². The van der Waals surface area contributed by atoms with Gasteiger partial charge in [0, 0.05) is 0 Å². The molecule has 0 bridgehead atoms. The quantitative estimate of drug-likeness (QED) is 0.722. The van der Waals surface area contributed by atoms with Gasteiger partial charge in [-0.25, -0.2) is 4.79 Å². The molecule has 0 aromatic heterocycles. The molecule has 1 atom stereocenters. The number of rotatable bonds is 8. The summed E-state index contributed by atoms with van der Waals surface area (Å²) in [4.78, 5) is 35.9. The Balaban J connectivity index is 1.90. The van der Waals surface area contributed by atoms with E-state index >= 15 is 0 Å². The fourth-order valence-corrected chi connectivity index (χ4v) is 2.86. The molecular weight excluding hydrogens is 346 g/mol. The number of methoxy groups -OCH3 is 1. The molecule has 144 valence electrons. The van der Waals surface area contributed by atoms with Gasteiger partial charge >= 0.3 is 11.9 Å². The second kappa shape index (κ2) is 9.71. The Bertz CT molecular complexity index is 810. The van der Waals surface area contributed by atoms with Gasteiger partial charge in [-0.15, -0.1) is 0 Å². The lowest BCUT2D eigenvalue weighted by atomic mass is 10.0. The fraction of sp³-hybridized carbons (Fsp3) is 0.381. The largest absolute Gasteiger partial charge is 0.467 e. The number of ether oxygens (including phenoxy) is 2. The maximum absolute atomic E-state index is 12.1. The Morgan fingerprint density at radius 2 is 1.74 bits per heavy atom. The average Bonchev–Trinajstić information content (AvgIpc) is 2.65. The van der Waals surface area contributed by atoms with Crippen LogP contribution in [0.25, 0.3) is 10.8 Å². The minimum absolute atomic E-state index is 0.0705. The maximum atomic E-state index is 12.1. The van der Waals surface area contributed by atoms with E-state index in [2.05, 4.69) is 5.32 Å². The number of esters is 2. The van der Waals surface area contributed by atoms with Crippen LogP contribution in [0.3, 0.4) is 0 Å². The Kier molecular flexibility index (Phi) is 7.34. The van der Waals surface area contributed by atoms with Gasteiger partial charge in [0.2, 0.25) is 0 Å². The molecule has 0 radical (unpaired) electrons. The second-order valence-corrected chi connectivity index (χ2v) is 6.75. The van der Waals surface area contributed by atoms with Crippen molar-refractivity contribution in [2.24, 2.45) is 5.92 Å². The van der Waals surface area contributed by atoms with E-state index in [9.17, 15) is 14.4 Å². The second-order valence-electron chi connectivity index (χ2n) is 6.75. The number of fused-ring (bicyclic) bond motifs is 1. The lowest BCUT2D eigenvalue weighted by Gasteiger charge is -2.18. The summed E-state index contributed by atoms with van der Waals surface area (Å²) in [6.07, 6.45) is 0.517. The minimum Gasteiger partial charge on any atom is -0.467 e. The lowest BCUT2D eigenvalue weighted by Crippen LogP contribution is -2.44. The highest BCUT2D eigenvalue weighted by molar-refractivity contribution is 5.90. The van der Waals surface area contributed by atoms with E-state index in [1.807, 2.05) is 56.3 Å². The normalized spacial score (nSPS) is 11.9. The van der Waals surface area contributed by atoms with E-state index in [1.165, 1.54) is 7.11 Å². The van der Waals surface area contributed by atoms with Crippen LogP contribution in [0, 0.1) is 5.92 Å². The van der Waals surface area contributed by atoms with Crippen LogP contribution in [0.2, 0.25) is 0 Å². The van der Waals surface area contributed by atoms with Crippen molar-refractivity contribution in [2.75, 3.05) is 13.7 Å². The number of carbonyl (C=O) groups is 3. The molecule has 1 unspecified atom stereocenters. The molecule has 0 saturated heterocycles. The molecule has 0 spiro atoms. The van der Waals surface area contributed by atoms with Crippen LogP contribution in [0.4, 0.5) is 0 Å². The number of nitrogens with one attached hydrogen (secondary N) is 1. The molecule has 0 saturated carbocycles. The van der Waals surface area contributed by atoms with Crippen LogP contribution >= 0.6 is 0 Å². The van der Waals surface area contributed by atoms with E-state index in [0.29, 0.717) is 6.42 Å². The molecular formula is C21H25NO5. The Hall–Kier alpha value is -2.89. The number of carbonyl (C=O) groups excluding carboxylic acids is 3. The summed E-state index contributed by atoms with van der Waals surface area (Å²) in [6.45, 7) is 3.44. The third kappa shape index (κ3) is 6.09. The average molecular weight is 371 g/mol. The Morgan fingerprint density at radius 3 is 2.44 bits per heavy atom. The predicted molar refractivity (Wildman–Crippen MR) is 102 cm³/mol. The predicted octanol–water partition coefficient (Wildman–Crippen LogP) is 2.63. The molecule has 0 heterocycles. The first-order valence-electron chi connectivity index (χ1n) is 8.90. The molecule has 1 amide bonds. The summed E-state index contributed by atoms with van der Waals surface area (Å²) < 4.78 is 9.77. The molecule has 2 aromatic carbocycles. The number of hydrogen-bond acceptors (Lipinski definition) is 5. The standard InChI is InChI=1S/C21H25NO5/c1-14(2)11-18(21(25)26-3)22-19(23)13-27-20(24)12-16-9-6-8-15-7-4-5-10-17(15)16/h4-10,14,18H,11-13H2,1-3H3,(H,22,23). The molecule has 2 aromatic rings. The van der Waals surface area contributed by atoms with Crippen molar-refractivity contribution >= 4 is 28.6 Å². The maximum Gasteiger partial charge on any atom is 0.328 e. The van der Waals surface area contributed by atoms with Gasteiger partial charge in [0.1, 0.15) is 6.04 Å². The van der Waals surface area contributed by atoms with Gasteiger partial charge in [0.25, 0.3) is 5.91 Å². The minimum atomic E-state index is -0.751. The van der Waals surface area contributed by atoms with Crippen LogP contribution in [0.15, 0.2) is 42.5 Å². The topological polar surface area (TPSA) is 81.7 Å². The molecule has 1 N–H and O–H groups in total. The number of benzene rings is 2. The van der Waals surface area contributed by atoms with Crippen molar-refractivity contribution in [1.29, 1.82) is 0 Å². The molecule has 0 aliphatic carbocycles. The third-order valence-corrected chi connectivity index (χ3v) is 4.11.